The van der Waals surface area contributed by atoms with Gasteiger partial charge < -0.3 is 9.64 Å². The van der Waals surface area contributed by atoms with Crippen LogP contribution >= 0.6 is 0 Å². The van der Waals surface area contributed by atoms with E-state index in [1.165, 1.54) is 0 Å². The summed E-state index contributed by atoms with van der Waals surface area (Å²) in [6.07, 6.45) is 0. The zero-order chi connectivity index (χ0) is 17.2. The van der Waals surface area contributed by atoms with Crippen LogP contribution < -0.4 is 9.64 Å². The highest BCUT2D eigenvalue weighted by atomic mass is 16.5. The Balaban J connectivity index is 1.53. The van der Waals surface area contributed by atoms with Gasteiger partial charge in [0.2, 0.25) is 0 Å². The highest BCUT2D eigenvalue weighted by molar-refractivity contribution is 6.05. The molecule has 25 heavy (non-hydrogen) atoms. The fraction of sp³-hybridized carbons (Fsp3) is 0.200. The quantitative estimate of drug-likeness (QED) is 0.735. The molecule has 0 unspecified atom stereocenters. The summed E-state index contributed by atoms with van der Waals surface area (Å²) in [6.45, 7) is 3.68. The molecule has 1 amide bonds. The summed E-state index contributed by atoms with van der Waals surface area (Å²) in [5.41, 5.74) is 3.44. The smallest absolute Gasteiger partial charge is 0.276 e. The third-order valence-corrected chi connectivity index (χ3v) is 4.27. The number of hydrogen-bond donors (Lipinski definition) is 0. The van der Waals surface area contributed by atoms with Crippen LogP contribution in [0.2, 0.25) is 0 Å². The molecule has 2 heterocycles. The lowest BCUT2D eigenvalue weighted by atomic mass is 10.2. The number of benzene rings is 2. The van der Waals surface area contributed by atoms with Crippen LogP contribution in [0.4, 0.5) is 5.69 Å². The maximum absolute atomic E-state index is 12.8. The second-order valence-electron chi connectivity index (χ2n) is 6.14. The van der Waals surface area contributed by atoms with Gasteiger partial charge in [0.25, 0.3) is 5.91 Å². The van der Waals surface area contributed by atoms with Crippen LogP contribution in [0.15, 0.2) is 60.7 Å². The van der Waals surface area contributed by atoms with Gasteiger partial charge in [-0.1, -0.05) is 30.3 Å². The molecule has 0 radical (unpaired) electrons. The zero-order valence-electron chi connectivity index (χ0n) is 14.1. The molecule has 126 valence electrons. The number of hydrogen-bond acceptors (Lipinski definition) is 3. The highest BCUT2D eigenvalue weighted by Gasteiger charge is 2.27. The molecule has 4 rings (SSSR count). The molecule has 1 aliphatic heterocycles. The molecule has 0 bridgehead atoms. The van der Waals surface area contributed by atoms with Crippen LogP contribution in [-0.2, 0) is 13.2 Å². The molecule has 2 aromatic carbocycles. The van der Waals surface area contributed by atoms with Gasteiger partial charge in [0.1, 0.15) is 23.7 Å². The number of para-hydroxylation sites is 1. The molecular weight excluding hydrogens is 314 g/mol. The monoisotopic (exact) mass is 333 g/mol. The van der Waals surface area contributed by atoms with Gasteiger partial charge in [-0.3, -0.25) is 9.48 Å². The van der Waals surface area contributed by atoms with E-state index < -0.39 is 0 Å². The summed E-state index contributed by atoms with van der Waals surface area (Å²) in [4.78, 5) is 14.7. The van der Waals surface area contributed by atoms with E-state index in [-0.39, 0.29) is 5.91 Å². The van der Waals surface area contributed by atoms with E-state index in [1.807, 2.05) is 72.5 Å². The third kappa shape index (κ3) is 3.13. The van der Waals surface area contributed by atoms with Gasteiger partial charge in [-0.2, -0.15) is 5.10 Å². The van der Waals surface area contributed by atoms with Gasteiger partial charge in [-0.15, -0.1) is 0 Å². The number of aromatic nitrogens is 2. The van der Waals surface area contributed by atoms with Crippen molar-refractivity contribution in [1.82, 2.24) is 9.78 Å². The molecule has 1 aromatic heterocycles. The van der Waals surface area contributed by atoms with Crippen LogP contribution in [-0.4, -0.2) is 22.2 Å². The first-order chi connectivity index (χ1) is 12.2. The molecular formula is C20H19N3O2. The van der Waals surface area contributed by atoms with Crippen molar-refractivity contribution >= 4 is 11.6 Å². The predicted octanol–water partition coefficient (Wildman–Crippen LogP) is 3.43. The molecule has 0 fully saturated rings. The number of aryl methyl sites for hydroxylation is 1. The number of rotatable bonds is 4. The van der Waals surface area contributed by atoms with Crippen molar-refractivity contribution in [3.63, 3.8) is 0 Å². The van der Waals surface area contributed by atoms with Crippen molar-refractivity contribution in [2.45, 2.75) is 20.1 Å². The Kier molecular flexibility index (Phi) is 3.98. The van der Waals surface area contributed by atoms with E-state index in [0.29, 0.717) is 25.4 Å². The van der Waals surface area contributed by atoms with Crippen molar-refractivity contribution < 1.29 is 9.53 Å². The van der Waals surface area contributed by atoms with Crippen molar-refractivity contribution in [3.05, 3.63) is 77.6 Å². The largest absolute Gasteiger partial charge is 0.487 e. The molecule has 0 atom stereocenters. The lowest BCUT2D eigenvalue weighted by Crippen LogP contribution is -2.40. The summed E-state index contributed by atoms with van der Waals surface area (Å²) in [7, 11) is 0. The predicted molar refractivity (Wildman–Crippen MR) is 95.9 cm³/mol. The van der Waals surface area contributed by atoms with Gasteiger partial charge >= 0.3 is 0 Å². The Morgan fingerprint density at radius 2 is 1.88 bits per heavy atom. The van der Waals surface area contributed by atoms with Crippen molar-refractivity contribution in [2.24, 2.45) is 0 Å². The van der Waals surface area contributed by atoms with Crippen LogP contribution in [0.1, 0.15) is 21.7 Å². The Morgan fingerprint density at radius 1 is 1.04 bits per heavy atom. The number of carbonyl (C=O) groups excluding carboxylic acids is 1. The lowest BCUT2D eigenvalue weighted by molar-refractivity contribution is 0.0962. The van der Waals surface area contributed by atoms with Crippen LogP contribution in [0.3, 0.4) is 0 Å². The summed E-state index contributed by atoms with van der Waals surface area (Å²) in [5.74, 6) is 0.775. The molecule has 0 N–H and O–H groups in total. The van der Waals surface area contributed by atoms with Gasteiger partial charge in [0, 0.05) is 12.2 Å². The lowest BCUT2D eigenvalue weighted by Gasteiger charge is -2.27. The molecule has 0 aliphatic carbocycles. The molecule has 0 saturated carbocycles. The van der Waals surface area contributed by atoms with Crippen molar-refractivity contribution in [1.29, 1.82) is 0 Å². The summed E-state index contributed by atoms with van der Waals surface area (Å²) >= 11 is 0. The summed E-state index contributed by atoms with van der Waals surface area (Å²) in [6, 6.07) is 19.4. The first-order valence-electron chi connectivity index (χ1n) is 8.34. The molecule has 5 heteroatoms. The van der Waals surface area contributed by atoms with E-state index in [2.05, 4.69) is 5.10 Å². The van der Waals surface area contributed by atoms with E-state index in [4.69, 9.17) is 4.74 Å². The Bertz CT molecular complexity index is 902. The molecule has 1 aliphatic rings. The van der Waals surface area contributed by atoms with Gasteiger partial charge in [0.05, 0.1) is 6.54 Å². The van der Waals surface area contributed by atoms with Crippen LogP contribution in [0.25, 0.3) is 0 Å². The molecule has 0 spiro atoms. The fourth-order valence-corrected chi connectivity index (χ4v) is 3.03. The van der Waals surface area contributed by atoms with Crippen LogP contribution in [0, 0.1) is 6.92 Å². The van der Waals surface area contributed by atoms with Gasteiger partial charge in [-0.25, -0.2) is 0 Å². The average Bonchev–Trinajstić information content (AvgIpc) is 3.05. The van der Waals surface area contributed by atoms with Crippen LogP contribution in [0.5, 0.6) is 5.75 Å². The topological polar surface area (TPSA) is 47.4 Å². The molecule has 5 nitrogen and oxygen atoms in total. The fourth-order valence-electron chi connectivity index (χ4n) is 3.03. The minimum Gasteiger partial charge on any atom is -0.487 e. The molecule has 3 aromatic rings. The Labute approximate surface area is 146 Å². The first kappa shape index (κ1) is 15.4. The molecule has 0 saturated heterocycles. The third-order valence-electron chi connectivity index (χ3n) is 4.27. The second-order valence-corrected chi connectivity index (χ2v) is 6.14. The van der Waals surface area contributed by atoms with E-state index in [1.54, 1.807) is 4.68 Å². The minimum absolute atomic E-state index is 0.0182. The van der Waals surface area contributed by atoms with Crippen molar-refractivity contribution in [2.75, 3.05) is 11.4 Å². The number of anilines is 1. The zero-order valence-corrected chi connectivity index (χ0v) is 14.1. The van der Waals surface area contributed by atoms with E-state index >= 15 is 0 Å². The average molecular weight is 333 g/mol. The number of amides is 1. The van der Waals surface area contributed by atoms with E-state index in [9.17, 15) is 4.79 Å². The Morgan fingerprint density at radius 3 is 2.68 bits per heavy atom. The number of nitrogens with zero attached hydrogens (tertiary/aromatic N) is 3. The van der Waals surface area contributed by atoms with Gasteiger partial charge in [0.15, 0.2) is 0 Å². The number of fused-ring (bicyclic) bond motifs is 1. The first-order valence-corrected chi connectivity index (χ1v) is 8.34. The van der Waals surface area contributed by atoms with Gasteiger partial charge in [-0.05, 0) is 42.8 Å². The number of carbonyl (C=O) groups is 1. The van der Waals surface area contributed by atoms with Crippen molar-refractivity contribution in [3.8, 4) is 5.75 Å². The van der Waals surface area contributed by atoms with E-state index in [0.717, 1.165) is 22.7 Å². The maximum Gasteiger partial charge on any atom is 0.276 e. The normalized spacial score (nSPS) is 13.6. The second kappa shape index (κ2) is 6.43. The Hall–Kier alpha value is -3.08. The maximum atomic E-state index is 12.8. The highest BCUT2D eigenvalue weighted by Crippen LogP contribution is 2.23. The summed E-state index contributed by atoms with van der Waals surface area (Å²) in [5, 5.41) is 4.51. The standard InChI is InChI=1S/C20H19N3O2/c1-15-6-5-7-17(12-15)22-10-11-23-19(20(22)24)13-16(21-23)14-25-18-8-3-2-4-9-18/h2-9,12-13H,10-11,14H2,1H3. The SMILES string of the molecule is Cc1cccc(N2CCn3nc(COc4ccccc4)cc3C2=O)c1. The summed E-state index contributed by atoms with van der Waals surface area (Å²) < 4.78 is 7.51. The minimum atomic E-state index is -0.0182. The number of ether oxygens (including phenoxy) is 1.